The molecule has 3 rings (SSSR count). The molecule has 0 unspecified atom stereocenters. The summed E-state index contributed by atoms with van der Waals surface area (Å²) in [5.74, 6) is -2.08. The van der Waals surface area contributed by atoms with Crippen LogP contribution in [0.4, 0.5) is 15.8 Å². The Bertz CT molecular complexity index is 943. The van der Waals surface area contributed by atoms with E-state index in [-0.39, 0.29) is 18.1 Å². The molecule has 3 N–H and O–H groups in total. The van der Waals surface area contributed by atoms with Crippen molar-refractivity contribution in [3.05, 3.63) is 59.9 Å². The number of hydrogen-bond donors (Lipinski definition) is 3. The maximum absolute atomic E-state index is 13.6. The molecule has 3 amide bonds. The lowest BCUT2D eigenvalue weighted by molar-refractivity contribution is -0.136. The Morgan fingerprint density at radius 1 is 0.875 bits per heavy atom. The van der Waals surface area contributed by atoms with E-state index in [2.05, 4.69) is 20.9 Å². The second-order valence-electron chi connectivity index (χ2n) is 7.72. The van der Waals surface area contributed by atoms with Crippen molar-refractivity contribution >= 4 is 29.1 Å². The number of anilines is 2. The fourth-order valence-electron chi connectivity index (χ4n) is 3.36. The zero-order chi connectivity index (χ0) is 22.9. The zero-order valence-electron chi connectivity index (χ0n) is 18.1. The van der Waals surface area contributed by atoms with E-state index in [1.165, 1.54) is 12.1 Å². The molecule has 170 valence electrons. The van der Waals surface area contributed by atoms with Gasteiger partial charge in [0.1, 0.15) is 5.82 Å². The van der Waals surface area contributed by atoms with Gasteiger partial charge >= 0.3 is 11.8 Å². The molecule has 1 aliphatic heterocycles. The highest BCUT2D eigenvalue weighted by atomic mass is 19.1. The van der Waals surface area contributed by atoms with Gasteiger partial charge in [0.2, 0.25) is 5.91 Å². The largest absolute Gasteiger partial charge is 0.347 e. The second kappa shape index (κ2) is 11.4. The number of rotatable bonds is 7. The molecule has 1 saturated heterocycles. The summed E-state index contributed by atoms with van der Waals surface area (Å²) in [5.41, 5.74) is 1.82. The van der Waals surface area contributed by atoms with Gasteiger partial charge in [0.25, 0.3) is 0 Å². The van der Waals surface area contributed by atoms with E-state index in [1.54, 1.807) is 24.3 Å². The van der Waals surface area contributed by atoms with Crippen molar-refractivity contribution in [3.63, 3.8) is 0 Å². The Morgan fingerprint density at radius 2 is 1.53 bits per heavy atom. The Hall–Kier alpha value is -3.30. The van der Waals surface area contributed by atoms with Crippen LogP contribution < -0.4 is 16.0 Å². The first-order valence-corrected chi connectivity index (χ1v) is 10.6. The van der Waals surface area contributed by atoms with Gasteiger partial charge in [0.05, 0.1) is 12.2 Å². The first-order chi connectivity index (χ1) is 15.4. The Kier molecular flexibility index (Phi) is 8.29. The predicted molar refractivity (Wildman–Crippen MR) is 121 cm³/mol. The van der Waals surface area contributed by atoms with Crippen molar-refractivity contribution in [3.8, 4) is 0 Å². The lowest BCUT2D eigenvalue weighted by Crippen LogP contribution is -2.50. The van der Waals surface area contributed by atoms with E-state index in [4.69, 9.17) is 0 Å². The minimum Gasteiger partial charge on any atom is -0.347 e. The third-order valence-electron chi connectivity index (χ3n) is 5.21. The van der Waals surface area contributed by atoms with Crippen LogP contribution in [0.15, 0.2) is 48.5 Å². The molecule has 0 aromatic heterocycles. The van der Waals surface area contributed by atoms with Crippen molar-refractivity contribution in [2.24, 2.45) is 0 Å². The maximum Gasteiger partial charge on any atom is 0.313 e. The number of para-hydroxylation sites is 1. The van der Waals surface area contributed by atoms with Crippen LogP contribution in [-0.4, -0.2) is 73.3 Å². The average Bonchev–Trinajstić information content (AvgIpc) is 2.78. The van der Waals surface area contributed by atoms with Gasteiger partial charge in [-0.25, -0.2) is 4.39 Å². The van der Waals surface area contributed by atoms with Gasteiger partial charge in [0.15, 0.2) is 0 Å². The standard InChI is InChI=1S/C23H28FN5O3/c1-17-6-8-18(9-7-17)26-23(32)22(31)25-10-11-28-12-14-29(15-13-28)16-21(30)27-20-5-3-2-4-19(20)24/h2-9H,10-16H2,1H3,(H,25,31)(H,26,32)(H,27,30). The first kappa shape index (κ1) is 23.4. The third kappa shape index (κ3) is 7.14. The molecule has 1 heterocycles. The smallest absolute Gasteiger partial charge is 0.313 e. The molecule has 0 radical (unpaired) electrons. The number of benzene rings is 2. The number of nitrogens with zero attached hydrogens (tertiary/aromatic N) is 2. The van der Waals surface area contributed by atoms with Crippen LogP contribution in [0, 0.1) is 12.7 Å². The summed E-state index contributed by atoms with van der Waals surface area (Å²) >= 11 is 0. The number of halogens is 1. The molecule has 0 bridgehead atoms. The Morgan fingerprint density at radius 3 is 2.22 bits per heavy atom. The molecule has 0 atom stereocenters. The monoisotopic (exact) mass is 441 g/mol. The fourth-order valence-corrected chi connectivity index (χ4v) is 3.36. The molecule has 0 saturated carbocycles. The van der Waals surface area contributed by atoms with Gasteiger partial charge in [-0.2, -0.15) is 0 Å². The topological polar surface area (TPSA) is 93.8 Å². The average molecular weight is 442 g/mol. The van der Waals surface area contributed by atoms with Crippen molar-refractivity contribution in [2.75, 3.05) is 56.4 Å². The molecule has 2 aromatic rings. The zero-order valence-corrected chi connectivity index (χ0v) is 18.1. The normalized spacial score (nSPS) is 14.6. The van der Waals surface area contributed by atoms with Crippen molar-refractivity contribution < 1.29 is 18.8 Å². The fraction of sp³-hybridized carbons (Fsp3) is 0.348. The number of piperazine rings is 1. The molecule has 0 aliphatic carbocycles. The molecule has 9 heteroatoms. The maximum atomic E-state index is 13.6. The molecule has 1 aliphatic rings. The summed E-state index contributed by atoms with van der Waals surface area (Å²) < 4.78 is 13.6. The van der Waals surface area contributed by atoms with Gasteiger partial charge in [-0.3, -0.25) is 24.2 Å². The molecular formula is C23H28FN5O3. The summed E-state index contributed by atoms with van der Waals surface area (Å²) in [6, 6.07) is 13.3. The van der Waals surface area contributed by atoms with Crippen LogP contribution in [0.25, 0.3) is 0 Å². The molecule has 1 fully saturated rings. The number of amides is 3. The van der Waals surface area contributed by atoms with Crippen molar-refractivity contribution in [2.45, 2.75) is 6.92 Å². The number of nitrogens with one attached hydrogen (secondary N) is 3. The summed E-state index contributed by atoms with van der Waals surface area (Å²) in [4.78, 5) is 40.3. The molecule has 8 nitrogen and oxygen atoms in total. The van der Waals surface area contributed by atoms with Gasteiger partial charge < -0.3 is 16.0 Å². The molecule has 2 aromatic carbocycles. The highest BCUT2D eigenvalue weighted by molar-refractivity contribution is 6.39. The number of carbonyl (C=O) groups excluding carboxylic acids is 3. The first-order valence-electron chi connectivity index (χ1n) is 10.6. The van der Waals surface area contributed by atoms with Gasteiger partial charge in [-0.05, 0) is 31.2 Å². The quantitative estimate of drug-likeness (QED) is 0.566. The highest BCUT2D eigenvalue weighted by Crippen LogP contribution is 2.12. The van der Waals surface area contributed by atoms with Crippen molar-refractivity contribution in [1.82, 2.24) is 15.1 Å². The van der Waals surface area contributed by atoms with E-state index >= 15 is 0 Å². The summed E-state index contributed by atoms with van der Waals surface area (Å²) in [5, 5.41) is 7.79. The van der Waals surface area contributed by atoms with Gasteiger partial charge in [0, 0.05) is 45.0 Å². The van der Waals surface area contributed by atoms with Gasteiger partial charge in [-0.1, -0.05) is 29.8 Å². The highest BCUT2D eigenvalue weighted by Gasteiger charge is 2.20. The molecule has 0 spiro atoms. The van der Waals surface area contributed by atoms with Crippen LogP contribution in [-0.2, 0) is 14.4 Å². The van der Waals surface area contributed by atoms with Crippen LogP contribution in [0.3, 0.4) is 0 Å². The summed E-state index contributed by atoms with van der Waals surface area (Å²) in [6.07, 6.45) is 0. The molecule has 32 heavy (non-hydrogen) atoms. The summed E-state index contributed by atoms with van der Waals surface area (Å²) in [6.45, 7) is 5.94. The number of aryl methyl sites for hydroxylation is 1. The lowest BCUT2D eigenvalue weighted by atomic mass is 10.2. The number of hydrogen-bond acceptors (Lipinski definition) is 5. The molecular weight excluding hydrogens is 413 g/mol. The third-order valence-corrected chi connectivity index (χ3v) is 5.21. The minimum atomic E-state index is -0.695. The number of carbonyl (C=O) groups is 3. The Labute approximate surface area is 186 Å². The van der Waals surface area contributed by atoms with E-state index in [9.17, 15) is 18.8 Å². The van der Waals surface area contributed by atoms with Crippen LogP contribution >= 0.6 is 0 Å². The van der Waals surface area contributed by atoms with E-state index in [0.717, 1.165) is 18.7 Å². The van der Waals surface area contributed by atoms with Crippen molar-refractivity contribution in [1.29, 1.82) is 0 Å². The lowest BCUT2D eigenvalue weighted by Gasteiger charge is -2.34. The summed E-state index contributed by atoms with van der Waals surface area (Å²) in [7, 11) is 0. The van der Waals surface area contributed by atoms with Crippen LogP contribution in [0.2, 0.25) is 0 Å². The van der Waals surface area contributed by atoms with Crippen LogP contribution in [0.5, 0.6) is 0 Å². The Balaban J connectivity index is 1.31. The van der Waals surface area contributed by atoms with Crippen LogP contribution in [0.1, 0.15) is 5.56 Å². The van der Waals surface area contributed by atoms with E-state index in [1.807, 2.05) is 24.0 Å². The van der Waals surface area contributed by atoms with E-state index < -0.39 is 17.6 Å². The minimum absolute atomic E-state index is 0.179. The second-order valence-corrected chi connectivity index (χ2v) is 7.72. The van der Waals surface area contributed by atoms with E-state index in [0.29, 0.717) is 31.9 Å². The predicted octanol–water partition coefficient (Wildman–Crippen LogP) is 1.45. The SMILES string of the molecule is Cc1ccc(NC(=O)C(=O)NCCN2CCN(CC(=O)Nc3ccccc3F)CC2)cc1. The van der Waals surface area contributed by atoms with Gasteiger partial charge in [-0.15, -0.1) is 0 Å².